The van der Waals surface area contributed by atoms with Gasteiger partial charge in [0.15, 0.2) is 0 Å². The molecule has 0 amide bonds. The Kier molecular flexibility index (Phi) is 6.27. The Morgan fingerprint density at radius 2 is 1.60 bits per heavy atom. The predicted octanol–water partition coefficient (Wildman–Crippen LogP) is 10.0. The highest BCUT2D eigenvalue weighted by Gasteiger charge is 2.46. The average molecular weight is 614 g/mol. The molecule has 0 aromatic heterocycles. The highest BCUT2D eigenvalue weighted by molar-refractivity contribution is 6.01. The monoisotopic (exact) mass is 613 g/mol. The van der Waals surface area contributed by atoms with Crippen molar-refractivity contribution in [2.75, 3.05) is 7.05 Å². The van der Waals surface area contributed by atoms with Crippen molar-refractivity contribution < 1.29 is 0 Å². The van der Waals surface area contributed by atoms with E-state index < -0.39 is 0 Å². The lowest BCUT2D eigenvalue weighted by Crippen LogP contribution is -2.53. The standard InChI is InChI=1S/C44H43N3/c1-43(2)36-16-10-8-14-32(36)34-22-20-29(25-38(34)43)40-45-41(30-19-18-27-12-6-7-13-28(27)24-30)47(5)42(46-40)31-21-23-35-33-15-9-11-17-37(33)44(3,4)39(35)26-31/h6-10,12-16,18-25,39,41-42H,11,17,26H2,1-5H3,(H,45,46). The maximum atomic E-state index is 5.50. The van der Waals surface area contributed by atoms with Crippen LogP contribution in [-0.4, -0.2) is 23.9 Å². The van der Waals surface area contributed by atoms with Gasteiger partial charge < -0.3 is 5.32 Å². The maximum absolute atomic E-state index is 5.50. The summed E-state index contributed by atoms with van der Waals surface area (Å²) in [6.07, 6.45) is 12.9. The van der Waals surface area contributed by atoms with E-state index in [2.05, 4.69) is 154 Å². The Morgan fingerprint density at radius 3 is 2.47 bits per heavy atom. The molecule has 4 aliphatic carbocycles. The third kappa shape index (κ3) is 4.25. The van der Waals surface area contributed by atoms with Crippen LogP contribution in [0.4, 0.5) is 0 Å². The number of nitrogens with one attached hydrogen (secondary N) is 1. The number of rotatable bonds is 3. The molecular formula is C44H43N3. The highest BCUT2D eigenvalue weighted by Crippen LogP contribution is 2.57. The lowest BCUT2D eigenvalue weighted by Gasteiger charge is -2.43. The molecule has 1 heterocycles. The molecule has 4 aromatic carbocycles. The second-order valence-corrected chi connectivity index (χ2v) is 15.3. The van der Waals surface area contributed by atoms with Crippen LogP contribution in [-0.2, 0) is 5.41 Å². The fraction of sp³-hybridized carbons (Fsp3) is 0.295. The van der Waals surface area contributed by atoms with Crippen LogP contribution in [0.25, 0.3) is 21.9 Å². The highest BCUT2D eigenvalue weighted by atomic mass is 15.4. The first-order valence-electron chi connectivity index (χ1n) is 17.3. The van der Waals surface area contributed by atoms with E-state index in [1.165, 1.54) is 61.7 Å². The van der Waals surface area contributed by atoms with Crippen LogP contribution in [0.15, 0.2) is 137 Å². The number of allylic oxidation sites excluding steroid dienone is 7. The first-order valence-corrected chi connectivity index (χ1v) is 17.3. The first kappa shape index (κ1) is 28.7. The SMILES string of the molecule is CN1C(C2=CC=C3C4=C(CCC=C4)C(C)(C)C3C2)NC(c2ccc3c(c2)C(C)(C)c2ccccc2-3)=NC1c1ccc2ccccc2c1. The molecule has 47 heavy (non-hydrogen) atoms. The minimum atomic E-state index is -0.114. The van der Waals surface area contributed by atoms with Crippen LogP contribution in [0, 0.1) is 11.3 Å². The molecule has 3 unspecified atom stereocenters. The Labute approximate surface area is 279 Å². The molecule has 0 fully saturated rings. The third-order valence-corrected chi connectivity index (χ3v) is 12.0. The quantitative estimate of drug-likeness (QED) is 0.249. The number of fused-ring (bicyclic) bond motifs is 6. The molecule has 234 valence electrons. The zero-order chi connectivity index (χ0) is 32.1. The van der Waals surface area contributed by atoms with E-state index in [0.717, 1.165) is 24.2 Å². The second kappa shape index (κ2) is 10.3. The summed E-state index contributed by atoms with van der Waals surface area (Å²) in [5.41, 5.74) is 14.1. The zero-order valence-electron chi connectivity index (χ0n) is 28.1. The van der Waals surface area contributed by atoms with Crippen molar-refractivity contribution in [2.24, 2.45) is 16.3 Å². The number of hydrogen-bond donors (Lipinski definition) is 1. The van der Waals surface area contributed by atoms with E-state index in [-0.39, 0.29) is 23.2 Å². The molecule has 3 atom stereocenters. The van der Waals surface area contributed by atoms with Gasteiger partial charge in [-0.15, -0.1) is 0 Å². The van der Waals surface area contributed by atoms with Gasteiger partial charge >= 0.3 is 0 Å². The predicted molar refractivity (Wildman–Crippen MR) is 195 cm³/mol. The molecule has 0 spiro atoms. The van der Waals surface area contributed by atoms with Gasteiger partial charge in [-0.2, -0.15) is 0 Å². The summed E-state index contributed by atoms with van der Waals surface area (Å²) < 4.78 is 0. The van der Waals surface area contributed by atoms with Crippen molar-refractivity contribution in [3.8, 4) is 11.1 Å². The Hall–Kier alpha value is -4.47. The maximum Gasteiger partial charge on any atom is 0.132 e. The van der Waals surface area contributed by atoms with Gasteiger partial charge in [-0.25, -0.2) is 4.99 Å². The van der Waals surface area contributed by atoms with Crippen LogP contribution < -0.4 is 5.32 Å². The van der Waals surface area contributed by atoms with Gasteiger partial charge in [-0.3, -0.25) is 4.90 Å². The molecule has 1 N–H and O–H groups in total. The van der Waals surface area contributed by atoms with Gasteiger partial charge in [0.05, 0.1) is 0 Å². The van der Waals surface area contributed by atoms with E-state index >= 15 is 0 Å². The van der Waals surface area contributed by atoms with E-state index in [9.17, 15) is 0 Å². The number of amidine groups is 1. The second-order valence-electron chi connectivity index (χ2n) is 15.3. The van der Waals surface area contributed by atoms with Crippen molar-refractivity contribution in [3.05, 3.63) is 154 Å². The molecule has 4 aromatic rings. The van der Waals surface area contributed by atoms with Crippen molar-refractivity contribution >= 4 is 16.6 Å². The summed E-state index contributed by atoms with van der Waals surface area (Å²) in [7, 11) is 2.24. The number of likely N-dealkylation sites (N-methyl/N-ethyl adjacent to an activating group) is 1. The van der Waals surface area contributed by atoms with Gasteiger partial charge in [0.2, 0.25) is 0 Å². The molecule has 9 rings (SSSR count). The smallest absolute Gasteiger partial charge is 0.132 e. The van der Waals surface area contributed by atoms with Crippen molar-refractivity contribution in [1.29, 1.82) is 0 Å². The molecule has 3 nitrogen and oxygen atoms in total. The van der Waals surface area contributed by atoms with E-state index in [1.807, 2.05) is 0 Å². The normalized spacial score (nSPS) is 25.3. The first-order chi connectivity index (χ1) is 22.7. The van der Waals surface area contributed by atoms with Gasteiger partial charge in [0.1, 0.15) is 18.2 Å². The van der Waals surface area contributed by atoms with Gasteiger partial charge in [0, 0.05) is 11.0 Å². The van der Waals surface area contributed by atoms with E-state index in [0.29, 0.717) is 5.92 Å². The third-order valence-electron chi connectivity index (χ3n) is 12.0. The lowest BCUT2D eigenvalue weighted by atomic mass is 9.70. The van der Waals surface area contributed by atoms with Crippen LogP contribution in [0.2, 0.25) is 0 Å². The molecule has 0 radical (unpaired) electrons. The number of nitrogens with zero attached hydrogens (tertiary/aromatic N) is 2. The summed E-state index contributed by atoms with van der Waals surface area (Å²) in [6, 6.07) is 31.4. The lowest BCUT2D eigenvalue weighted by molar-refractivity contribution is 0.167. The molecule has 5 aliphatic rings. The molecular weight excluding hydrogens is 571 g/mol. The van der Waals surface area contributed by atoms with Crippen molar-refractivity contribution in [1.82, 2.24) is 10.2 Å². The molecule has 3 heteroatoms. The number of hydrogen-bond acceptors (Lipinski definition) is 3. The number of benzene rings is 4. The van der Waals surface area contributed by atoms with Gasteiger partial charge in [-0.1, -0.05) is 130 Å². The van der Waals surface area contributed by atoms with Gasteiger partial charge in [0.25, 0.3) is 0 Å². The van der Waals surface area contributed by atoms with Crippen LogP contribution >= 0.6 is 0 Å². The summed E-state index contributed by atoms with van der Waals surface area (Å²) in [4.78, 5) is 7.95. The fourth-order valence-electron chi connectivity index (χ4n) is 9.33. The topological polar surface area (TPSA) is 27.6 Å². The minimum absolute atomic E-state index is 0.0270. The summed E-state index contributed by atoms with van der Waals surface area (Å²) in [5, 5.41) is 6.50. The molecule has 0 bridgehead atoms. The Balaban J connectivity index is 1.15. The Bertz CT molecular complexity index is 2130. The minimum Gasteiger partial charge on any atom is -0.351 e. The Morgan fingerprint density at radius 1 is 0.809 bits per heavy atom. The zero-order valence-corrected chi connectivity index (χ0v) is 28.1. The van der Waals surface area contributed by atoms with Crippen LogP contribution in [0.1, 0.15) is 75.4 Å². The summed E-state index contributed by atoms with van der Waals surface area (Å²) >= 11 is 0. The van der Waals surface area contributed by atoms with Crippen molar-refractivity contribution in [3.63, 3.8) is 0 Å². The summed E-state index contributed by atoms with van der Waals surface area (Å²) in [5.74, 6) is 1.47. The average Bonchev–Trinajstić information content (AvgIpc) is 3.47. The van der Waals surface area contributed by atoms with Crippen molar-refractivity contribution in [2.45, 2.75) is 64.7 Å². The summed E-state index contributed by atoms with van der Waals surface area (Å²) in [6.45, 7) is 9.66. The van der Waals surface area contributed by atoms with E-state index in [4.69, 9.17) is 4.99 Å². The molecule has 1 aliphatic heterocycles. The fourth-order valence-corrected chi connectivity index (χ4v) is 9.33. The van der Waals surface area contributed by atoms with E-state index in [1.54, 1.807) is 5.57 Å². The van der Waals surface area contributed by atoms with Gasteiger partial charge in [-0.05, 0) is 105 Å². The number of aliphatic imine (C=N–C) groups is 1. The molecule has 0 saturated heterocycles. The van der Waals surface area contributed by atoms with Crippen LogP contribution in [0.3, 0.4) is 0 Å². The molecule has 0 saturated carbocycles. The van der Waals surface area contributed by atoms with Crippen LogP contribution in [0.5, 0.6) is 0 Å². The largest absolute Gasteiger partial charge is 0.351 e.